The van der Waals surface area contributed by atoms with Gasteiger partial charge in [0.1, 0.15) is 10.7 Å². The molecule has 0 aliphatic rings. The average molecular weight is 271 g/mol. The molecule has 1 aromatic carbocycles. The highest BCUT2D eigenvalue weighted by Crippen LogP contribution is 2.21. The molecule has 3 rings (SSSR count). The maximum Gasteiger partial charge on any atom is 0.145 e. The van der Waals surface area contributed by atoms with Crippen LogP contribution in [0.4, 0.5) is 5.69 Å². The standard InChI is InChI=1S/C13H13N5S/c1-9-2-4-10(5-3-9)14-6-11-8-19-13(16-11)12-7-15-18-17-12/h2-5,7-8,14H,6H2,1H3,(H,15,17,18). The minimum absolute atomic E-state index is 0.706. The third-order valence-corrected chi connectivity index (χ3v) is 3.62. The van der Waals surface area contributed by atoms with Crippen molar-refractivity contribution in [3.63, 3.8) is 0 Å². The second-order valence-electron chi connectivity index (χ2n) is 4.22. The van der Waals surface area contributed by atoms with Gasteiger partial charge in [0.2, 0.25) is 0 Å². The molecule has 5 nitrogen and oxygen atoms in total. The number of aryl methyl sites for hydroxylation is 1. The Labute approximate surface area is 114 Å². The van der Waals surface area contributed by atoms with Crippen LogP contribution in [0.3, 0.4) is 0 Å². The van der Waals surface area contributed by atoms with Crippen molar-refractivity contribution < 1.29 is 0 Å². The van der Waals surface area contributed by atoms with Crippen molar-refractivity contribution >= 4 is 17.0 Å². The van der Waals surface area contributed by atoms with E-state index in [-0.39, 0.29) is 0 Å². The maximum absolute atomic E-state index is 4.52. The van der Waals surface area contributed by atoms with Crippen LogP contribution in [0.2, 0.25) is 0 Å². The fraction of sp³-hybridized carbons (Fsp3) is 0.154. The van der Waals surface area contributed by atoms with E-state index in [9.17, 15) is 0 Å². The molecule has 0 radical (unpaired) electrons. The van der Waals surface area contributed by atoms with Crippen LogP contribution in [0.1, 0.15) is 11.3 Å². The van der Waals surface area contributed by atoms with Crippen molar-refractivity contribution in [3.8, 4) is 10.7 Å². The topological polar surface area (TPSA) is 66.5 Å². The predicted octanol–water partition coefficient (Wildman–Crippen LogP) is 2.85. The molecule has 0 aliphatic carbocycles. The summed E-state index contributed by atoms with van der Waals surface area (Å²) in [6.45, 7) is 2.78. The minimum Gasteiger partial charge on any atom is -0.379 e. The SMILES string of the molecule is Cc1ccc(NCc2csc(-c3cn[nH]n3)n2)cc1. The fourth-order valence-corrected chi connectivity index (χ4v) is 2.45. The molecule has 0 bridgehead atoms. The first kappa shape index (κ1) is 11.9. The number of hydrogen-bond donors (Lipinski definition) is 2. The van der Waals surface area contributed by atoms with E-state index in [1.54, 1.807) is 17.5 Å². The molecule has 0 fully saturated rings. The molecule has 0 spiro atoms. The summed E-state index contributed by atoms with van der Waals surface area (Å²) in [5.41, 5.74) is 4.14. The van der Waals surface area contributed by atoms with Crippen LogP contribution in [-0.2, 0) is 6.54 Å². The van der Waals surface area contributed by atoms with E-state index in [2.05, 4.69) is 56.9 Å². The predicted molar refractivity (Wildman–Crippen MR) is 76.0 cm³/mol. The molecule has 0 saturated heterocycles. The number of thiazole rings is 1. The number of aromatic nitrogens is 4. The van der Waals surface area contributed by atoms with Crippen molar-refractivity contribution in [2.45, 2.75) is 13.5 Å². The van der Waals surface area contributed by atoms with E-state index in [1.165, 1.54) is 5.56 Å². The van der Waals surface area contributed by atoms with Gasteiger partial charge in [-0.1, -0.05) is 17.7 Å². The van der Waals surface area contributed by atoms with Gasteiger partial charge < -0.3 is 5.32 Å². The van der Waals surface area contributed by atoms with E-state index < -0.39 is 0 Å². The highest BCUT2D eigenvalue weighted by atomic mass is 32.1. The Hall–Kier alpha value is -2.21. The number of hydrogen-bond acceptors (Lipinski definition) is 5. The molecule has 96 valence electrons. The number of H-pyrrole nitrogens is 1. The van der Waals surface area contributed by atoms with Crippen LogP contribution in [0.25, 0.3) is 10.7 Å². The highest BCUT2D eigenvalue weighted by Gasteiger charge is 2.06. The molecule has 19 heavy (non-hydrogen) atoms. The quantitative estimate of drug-likeness (QED) is 0.765. The summed E-state index contributed by atoms with van der Waals surface area (Å²) in [5, 5.41) is 16.7. The van der Waals surface area contributed by atoms with Gasteiger partial charge in [-0.25, -0.2) is 4.98 Å². The molecule has 0 atom stereocenters. The number of aromatic amines is 1. The molecule has 3 aromatic rings. The third-order valence-electron chi connectivity index (χ3n) is 2.71. The van der Waals surface area contributed by atoms with E-state index in [1.807, 2.05) is 5.38 Å². The van der Waals surface area contributed by atoms with Crippen molar-refractivity contribution in [1.29, 1.82) is 0 Å². The van der Waals surface area contributed by atoms with E-state index in [0.29, 0.717) is 6.54 Å². The first-order valence-electron chi connectivity index (χ1n) is 5.92. The Kier molecular flexibility index (Phi) is 3.24. The zero-order chi connectivity index (χ0) is 13.1. The summed E-state index contributed by atoms with van der Waals surface area (Å²) >= 11 is 1.57. The molecular formula is C13H13N5S. The lowest BCUT2D eigenvalue weighted by atomic mass is 10.2. The third kappa shape index (κ3) is 2.79. The fourth-order valence-electron chi connectivity index (χ4n) is 1.67. The van der Waals surface area contributed by atoms with Crippen molar-refractivity contribution in [2.24, 2.45) is 0 Å². The van der Waals surface area contributed by atoms with Gasteiger partial charge in [0.15, 0.2) is 0 Å². The van der Waals surface area contributed by atoms with Gasteiger partial charge in [-0.05, 0) is 19.1 Å². The van der Waals surface area contributed by atoms with Gasteiger partial charge in [0, 0.05) is 11.1 Å². The molecular weight excluding hydrogens is 258 g/mol. The number of benzene rings is 1. The van der Waals surface area contributed by atoms with Gasteiger partial charge >= 0.3 is 0 Å². The smallest absolute Gasteiger partial charge is 0.145 e. The molecule has 0 amide bonds. The number of anilines is 1. The number of nitrogens with zero attached hydrogens (tertiary/aromatic N) is 3. The zero-order valence-corrected chi connectivity index (χ0v) is 11.2. The Morgan fingerprint density at radius 3 is 2.84 bits per heavy atom. The Morgan fingerprint density at radius 2 is 2.11 bits per heavy atom. The monoisotopic (exact) mass is 271 g/mol. The van der Waals surface area contributed by atoms with Crippen molar-refractivity contribution in [3.05, 3.63) is 47.1 Å². The second-order valence-corrected chi connectivity index (χ2v) is 5.08. The Bertz CT molecular complexity index is 642. The highest BCUT2D eigenvalue weighted by molar-refractivity contribution is 7.13. The number of rotatable bonds is 4. The van der Waals surface area contributed by atoms with E-state index in [4.69, 9.17) is 0 Å². The summed E-state index contributed by atoms with van der Waals surface area (Å²) < 4.78 is 0. The Morgan fingerprint density at radius 1 is 1.26 bits per heavy atom. The summed E-state index contributed by atoms with van der Waals surface area (Å²) in [4.78, 5) is 4.52. The molecule has 6 heteroatoms. The summed E-state index contributed by atoms with van der Waals surface area (Å²) in [7, 11) is 0. The van der Waals surface area contributed by atoms with Gasteiger partial charge in [-0.2, -0.15) is 15.4 Å². The molecule has 2 N–H and O–H groups in total. The van der Waals surface area contributed by atoms with Crippen LogP contribution in [-0.4, -0.2) is 20.4 Å². The van der Waals surface area contributed by atoms with E-state index >= 15 is 0 Å². The van der Waals surface area contributed by atoms with Gasteiger partial charge in [-0.15, -0.1) is 11.3 Å². The summed E-state index contributed by atoms with van der Waals surface area (Å²) in [6.07, 6.45) is 1.68. The van der Waals surface area contributed by atoms with Crippen LogP contribution in [0, 0.1) is 6.92 Å². The van der Waals surface area contributed by atoms with Crippen molar-refractivity contribution in [2.75, 3.05) is 5.32 Å². The van der Waals surface area contributed by atoms with Crippen LogP contribution < -0.4 is 5.32 Å². The average Bonchev–Trinajstić information content (AvgIpc) is 3.09. The zero-order valence-electron chi connectivity index (χ0n) is 10.4. The molecule has 2 heterocycles. The van der Waals surface area contributed by atoms with Crippen LogP contribution in [0.5, 0.6) is 0 Å². The maximum atomic E-state index is 4.52. The summed E-state index contributed by atoms with van der Waals surface area (Å²) in [5.74, 6) is 0. The lowest BCUT2D eigenvalue weighted by molar-refractivity contribution is 0.941. The first-order chi connectivity index (χ1) is 9.31. The normalized spacial score (nSPS) is 10.6. The minimum atomic E-state index is 0.706. The molecule has 0 aliphatic heterocycles. The molecule has 2 aromatic heterocycles. The largest absolute Gasteiger partial charge is 0.379 e. The molecule has 0 unspecified atom stereocenters. The van der Waals surface area contributed by atoms with Gasteiger partial charge in [-0.3, -0.25) is 0 Å². The van der Waals surface area contributed by atoms with Gasteiger partial charge in [0.25, 0.3) is 0 Å². The van der Waals surface area contributed by atoms with Gasteiger partial charge in [0.05, 0.1) is 18.4 Å². The summed E-state index contributed by atoms with van der Waals surface area (Å²) in [6, 6.07) is 8.31. The van der Waals surface area contributed by atoms with Crippen LogP contribution in [0.15, 0.2) is 35.8 Å². The van der Waals surface area contributed by atoms with Crippen molar-refractivity contribution in [1.82, 2.24) is 20.4 Å². The molecule has 0 saturated carbocycles. The lowest BCUT2D eigenvalue weighted by Gasteiger charge is -2.04. The lowest BCUT2D eigenvalue weighted by Crippen LogP contribution is -1.99. The van der Waals surface area contributed by atoms with E-state index in [0.717, 1.165) is 22.1 Å². The Balaban J connectivity index is 1.66. The number of nitrogens with one attached hydrogen (secondary N) is 2. The second kappa shape index (κ2) is 5.19. The van der Waals surface area contributed by atoms with Crippen LogP contribution >= 0.6 is 11.3 Å². The first-order valence-corrected chi connectivity index (χ1v) is 6.80.